The van der Waals surface area contributed by atoms with E-state index < -0.39 is 12.3 Å². The zero-order chi connectivity index (χ0) is 33.2. The lowest BCUT2D eigenvalue weighted by Gasteiger charge is -2.42. The van der Waals surface area contributed by atoms with E-state index in [0.717, 1.165) is 58.6 Å². The number of hydrogen-bond acceptors (Lipinski definition) is 7. The molecule has 1 saturated heterocycles. The van der Waals surface area contributed by atoms with Crippen molar-refractivity contribution in [3.63, 3.8) is 0 Å². The zero-order valence-electron chi connectivity index (χ0n) is 26.9. The summed E-state index contributed by atoms with van der Waals surface area (Å²) in [6.07, 6.45) is 1.59. The van der Waals surface area contributed by atoms with Crippen molar-refractivity contribution in [2.24, 2.45) is 5.92 Å². The maximum Gasteiger partial charge on any atom is 0.303 e. The number of rotatable bonds is 14. The van der Waals surface area contributed by atoms with Gasteiger partial charge in [0.15, 0.2) is 6.29 Å². The predicted octanol–water partition coefficient (Wildman–Crippen LogP) is 5.69. The van der Waals surface area contributed by atoms with Crippen molar-refractivity contribution in [3.8, 4) is 11.1 Å². The molecular formula is C38H43N3O6. The maximum absolute atomic E-state index is 12.0. The van der Waals surface area contributed by atoms with Crippen LogP contribution in [-0.4, -0.2) is 58.2 Å². The van der Waals surface area contributed by atoms with Crippen LogP contribution in [0.15, 0.2) is 97.2 Å². The molecule has 1 aliphatic heterocycles. The number of likely N-dealkylation sites (N-methyl/N-ethyl adjacent to an activating group) is 1. The van der Waals surface area contributed by atoms with E-state index in [4.69, 9.17) is 14.6 Å². The van der Waals surface area contributed by atoms with Crippen molar-refractivity contribution in [1.82, 2.24) is 15.2 Å². The summed E-state index contributed by atoms with van der Waals surface area (Å²) in [5.41, 5.74) is 6.82. The molecule has 0 bridgehead atoms. The Morgan fingerprint density at radius 1 is 0.872 bits per heavy atom. The topological polar surface area (TPSA) is 121 Å². The Bertz CT molecular complexity index is 1600. The van der Waals surface area contributed by atoms with Crippen molar-refractivity contribution >= 4 is 11.9 Å². The van der Waals surface area contributed by atoms with Gasteiger partial charge in [0.05, 0.1) is 25.2 Å². The molecule has 1 amide bonds. The Hall–Kier alpha value is -4.41. The predicted molar refractivity (Wildman–Crippen MR) is 179 cm³/mol. The van der Waals surface area contributed by atoms with Crippen LogP contribution >= 0.6 is 0 Å². The van der Waals surface area contributed by atoms with Gasteiger partial charge in [-0.15, -0.1) is 0 Å². The monoisotopic (exact) mass is 637 g/mol. The molecule has 3 N–H and O–H groups in total. The van der Waals surface area contributed by atoms with E-state index in [1.165, 1.54) is 0 Å². The highest BCUT2D eigenvalue weighted by molar-refractivity contribution is 5.80. The van der Waals surface area contributed by atoms with Crippen LogP contribution in [0.4, 0.5) is 0 Å². The molecule has 9 heteroatoms. The van der Waals surface area contributed by atoms with Crippen molar-refractivity contribution in [2.45, 2.75) is 57.8 Å². The number of carboxylic acid groups (broad SMARTS) is 1. The van der Waals surface area contributed by atoms with E-state index in [1.54, 1.807) is 0 Å². The van der Waals surface area contributed by atoms with Crippen LogP contribution in [0.25, 0.3) is 11.1 Å². The number of aliphatic hydroxyl groups excluding tert-OH is 1. The lowest BCUT2D eigenvalue weighted by atomic mass is 9.90. The van der Waals surface area contributed by atoms with Gasteiger partial charge in [0.25, 0.3) is 0 Å². The molecular weight excluding hydrogens is 594 g/mol. The van der Waals surface area contributed by atoms with Gasteiger partial charge in [-0.1, -0.05) is 79.7 Å². The number of carbonyl (C=O) groups is 2. The third-order valence-corrected chi connectivity index (χ3v) is 8.59. The number of hydrogen-bond donors (Lipinski definition) is 3. The molecule has 2 heterocycles. The number of aromatic nitrogens is 1. The van der Waals surface area contributed by atoms with Gasteiger partial charge in [-0.2, -0.15) is 0 Å². The van der Waals surface area contributed by atoms with E-state index in [1.807, 2.05) is 97.2 Å². The summed E-state index contributed by atoms with van der Waals surface area (Å²) in [5.74, 6) is -1.20. The number of carboxylic acids is 1. The summed E-state index contributed by atoms with van der Waals surface area (Å²) in [5, 5.41) is 21.2. The fourth-order valence-corrected chi connectivity index (χ4v) is 5.78. The lowest BCUT2D eigenvalue weighted by molar-refractivity contribution is -0.275. The van der Waals surface area contributed by atoms with Gasteiger partial charge in [0.1, 0.15) is 0 Å². The van der Waals surface area contributed by atoms with Crippen LogP contribution in [0.5, 0.6) is 0 Å². The maximum atomic E-state index is 12.0. The summed E-state index contributed by atoms with van der Waals surface area (Å²) in [4.78, 5) is 29.5. The Morgan fingerprint density at radius 3 is 2.34 bits per heavy atom. The molecule has 4 atom stereocenters. The molecule has 0 saturated carbocycles. The van der Waals surface area contributed by atoms with Crippen LogP contribution in [-0.2, 0) is 38.6 Å². The van der Waals surface area contributed by atoms with Crippen molar-refractivity contribution in [2.75, 3.05) is 20.1 Å². The molecule has 3 aromatic carbocycles. The van der Waals surface area contributed by atoms with E-state index in [9.17, 15) is 14.7 Å². The van der Waals surface area contributed by atoms with Crippen molar-refractivity contribution in [3.05, 3.63) is 125 Å². The molecule has 1 aromatic heterocycles. The lowest BCUT2D eigenvalue weighted by Crippen LogP contribution is -2.43. The second-order valence-electron chi connectivity index (χ2n) is 12.1. The zero-order valence-corrected chi connectivity index (χ0v) is 26.9. The third-order valence-electron chi connectivity index (χ3n) is 8.59. The summed E-state index contributed by atoms with van der Waals surface area (Å²) < 4.78 is 13.3. The Balaban J connectivity index is 1.29. The van der Waals surface area contributed by atoms with Gasteiger partial charge < -0.3 is 29.9 Å². The molecule has 1 fully saturated rings. The molecule has 0 aliphatic carbocycles. The Labute approximate surface area is 276 Å². The number of pyridine rings is 1. The number of nitrogens with one attached hydrogen (secondary N) is 1. The van der Waals surface area contributed by atoms with Gasteiger partial charge in [0, 0.05) is 55.8 Å². The second kappa shape index (κ2) is 16.4. The number of benzene rings is 3. The standard InChI is InChI=1S/C38H43N3O6/c1-26-34(24-41(2)21-19-33-8-3-4-20-39-33)46-38(47-37(26)30-11-9-27(25-42)10-12-30)31-15-13-29(14-16-31)32-7-5-6-28(22-32)23-40-35(43)17-18-36(44)45/h3-16,20,22,26,34,37-38,42H,17-19,21,23-25H2,1-2H3,(H,40,43)(H,44,45)/t26-,34+,37+,38+/m0/s1. The first kappa shape index (κ1) is 33.9. The van der Waals surface area contributed by atoms with E-state index in [2.05, 4.69) is 29.2 Å². The van der Waals surface area contributed by atoms with Gasteiger partial charge in [0.2, 0.25) is 5.91 Å². The average molecular weight is 638 g/mol. The molecule has 246 valence electrons. The minimum atomic E-state index is -0.990. The molecule has 47 heavy (non-hydrogen) atoms. The normalized spacial score (nSPS) is 19.4. The molecule has 9 nitrogen and oxygen atoms in total. The molecule has 1 aliphatic rings. The number of aliphatic carboxylic acids is 1. The van der Waals surface area contributed by atoms with Crippen LogP contribution in [0.2, 0.25) is 0 Å². The third kappa shape index (κ3) is 9.56. The highest BCUT2D eigenvalue weighted by Gasteiger charge is 2.38. The summed E-state index contributed by atoms with van der Waals surface area (Å²) >= 11 is 0. The minimum Gasteiger partial charge on any atom is -0.481 e. The number of ether oxygens (including phenoxy) is 2. The van der Waals surface area contributed by atoms with E-state index in [0.29, 0.717) is 6.54 Å². The largest absolute Gasteiger partial charge is 0.481 e. The fraction of sp³-hybridized carbons (Fsp3) is 0.342. The molecule has 0 spiro atoms. The minimum absolute atomic E-state index is 0.00648. The van der Waals surface area contributed by atoms with Crippen molar-refractivity contribution in [1.29, 1.82) is 0 Å². The number of carbonyl (C=O) groups excluding carboxylic acids is 1. The highest BCUT2D eigenvalue weighted by Crippen LogP contribution is 2.42. The van der Waals surface area contributed by atoms with Gasteiger partial charge in [-0.05, 0) is 53.1 Å². The van der Waals surface area contributed by atoms with Crippen LogP contribution in [0.3, 0.4) is 0 Å². The quantitative estimate of drug-likeness (QED) is 0.161. The molecule has 0 radical (unpaired) electrons. The average Bonchev–Trinajstić information content (AvgIpc) is 3.10. The first-order valence-corrected chi connectivity index (χ1v) is 16.1. The first-order valence-electron chi connectivity index (χ1n) is 16.1. The number of nitrogens with zero attached hydrogens (tertiary/aromatic N) is 2. The smallest absolute Gasteiger partial charge is 0.303 e. The first-order chi connectivity index (χ1) is 22.8. The van der Waals surface area contributed by atoms with E-state index in [-0.39, 0.29) is 43.5 Å². The number of aliphatic hydroxyl groups is 1. The fourth-order valence-electron chi connectivity index (χ4n) is 5.78. The van der Waals surface area contributed by atoms with Gasteiger partial charge >= 0.3 is 5.97 Å². The van der Waals surface area contributed by atoms with E-state index >= 15 is 0 Å². The van der Waals surface area contributed by atoms with Crippen LogP contribution in [0.1, 0.15) is 60.1 Å². The molecule has 5 rings (SSSR count). The van der Waals surface area contributed by atoms with Gasteiger partial charge in [-0.3, -0.25) is 14.6 Å². The molecule has 0 unspecified atom stereocenters. The molecule has 4 aromatic rings. The SMILES string of the molecule is C[C@H]1[C@@H](CN(C)CCc2ccccn2)O[C@@H](c2ccc(-c3cccc(CNC(=O)CCC(=O)O)c3)cc2)O[C@H]1c1ccc(CO)cc1. The van der Waals surface area contributed by atoms with Crippen molar-refractivity contribution < 1.29 is 29.3 Å². The highest BCUT2D eigenvalue weighted by atomic mass is 16.7. The summed E-state index contributed by atoms with van der Waals surface area (Å²) in [7, 11) is 2.11. The van der Waals surface area contributed by atoms with Crippen LogP contribution in [0, 0.1) is 5.92 Å². The Kier molecular flexibility index (Phi) is 11.9. The summed E-state index contributed by atoms with van der Waals surface area (Å²) in [6.45, 7) is 4.07. The summed E-state index contributed by atoms with van der Waals surface area (Å²) in [6, 6.07) is 30.0. The second-order valence-corrected chi connectivity index (χ2v) is 12.1. The van der Waals surface area contributed by atoms with Gasteiger partial charge in [-0.25, -0.2) is 0 Å². The Morgan fingerprint density at radius 2 is 1.64 bits per heavy atom. The number of amides is 1. The van der Waals surface area contributed by atoms with Crippen LogP contribution < -0.4 is 5.32 Å².